The topological polar surface area (TPSA) is 38.8 Å². The van der Waals surface area contributed by atoms with E-state index in [1.54, 1.807) is 0 Å². The van der Waals surface area contributed by atoms with Gasteiger partial charge >= 0.3 is 5.97 Å². The molecule has 2 aromatic carbocycles. The second-order valence-electron chi connectivity index (χ2n) is 6.86. The summed E-state index contributed by atoms with van der Waals surface area (Å²) in [4.78, 5) is 14.2. The van der Waals surface area contributed by atoms with Crippen molar-refractivity contribution in [1.29, 1.82) is 0 Å². The first-order chi connectivity index (χ1) is 12.9. The predicted octanol–water partition coefficient (Wildman–Crippen LogP) is 4.17. The third kappa shape index (κ3) is 4.27. The number of carbonyl (C=O) groups is 1. The average Bonchev–Trinajstić information content (AvgIpc) is 3.09. The van der Waals surface area contributed by atoms with Crippen molar-refractivity contribution in [2.75, 3.05) is 26.8 Å². The first-order valence-electron chi connectivity index (χ1n) is 8.91. The average molecular weight is 375 g/mol. The zero-order chi connectivity index (χ0) is 19.4. The summed E-state index contributed by atoms with van der Waals surface area (Å²) in [6, 6.07) is 14.1. The van der Waals surface area contributed by atoms with E-state index in [9.17, 15) is 9.18 Å². The Morgan fingerprint density at radius 3 is 2.67 bits per heavy atom. The maximum absolute atomic E-state index is 15.1. The third-order valence-electron chi connectivity index (χ3n) is 5.03. The zero-order valence-corrected chi connectivity index (χ0v) is 15.5. The summed E-state index contributed by atoms with van der Waals surface area (Å²) in [6.07, 6.45) is 0.262. The lowest BCUT2D eigenvalue weighted by atomic mass is 10.1. The number of alkyl halides is 1. The highest BCUT2D eigenvalue weighted by atomic mass is 19.1. The number of ether oxygens (including phenoxy) is 2. The minimum absolute atomic E-state index is 0.0526. The van der Waals surface area contributed by atoms with Crippen molar-refractivity contribution in [2.24, 2.45) is 0 Å². The molecule has 2 aromatic rings. The van der Waals surface area contributed by atoms with E-state index >= 15 is 4.39 Å². The van der Waals surface area contributed by atoms with Gasteiger partial charge in [0.1, 0.15) is 6.61 Å². The summed E-state index contributed by atoms with van der Waals surface area (Å²) >= 11 is 0. The molecule has 0 saturated carbocycles. The molecule has 0 unspecified atom stereocenters. The number of carbonyl (C=O) groups excluding carboxylic acids is 1. The summed E-state index contributed by atoms with van der Waals surface area (Å²) in [5, 5.41) is 0. The lowest BCUT2D eigenvalue weighted by Gasteiger charge is -2.26. The van der Waals surface area contributed by atoms with Gasteiger partial charge in [-0.25, -0.2) is 13.6 Å². The largest absolute Gasteiger partial charge is 0.494 e. The highest BCUT2D eigenvalue weighted by molar-refractivity contribution is 5.90. The highest BCUT2D eigenvalue weighted by Crippen LogP contribution is 2.33. The molecule has 27 heavy (non-hydrogen) atoms. The fraction of sp³-hybridized carbons (Fsp3) is 0.381. The molecule has 1 aliphatic heterocycles. The molecule has 0 aliphatic carbocycles. The monoisotopic (exact) mass is 375 g/mol. The molecule has 4 nitrogen and oxygen atoms in total. The molecule has 6 heteroatoms. The Balaban J connectivity index is 1.61. The van der Waals surface area contributed by atoms with Crippen molar-refractivity contribution in [2.45, 2.75) is 25.1 Å². The quantitative estimate of drug-likeness (QED) is 0.711. The van der Waals surface area contributed by atoms with Crippen LogP contribution in [-0.4, -0.2) is 43.3 Å². The normalized spacial score (nSPS) is 21.0. The van der Waals surface area contributed by atoms with Gasteiger partial charge in [0.25, 0.3) is 0 Å². The van der Waals surface area contributed by atoms with Crippen LogP contribution in [0.2, 0.25) is 0 Å². The van der Waals surface area contributed by atoms with Crippen LogP contribution < -0.4 is 4.74 Å². The van der Waals surface area contributed by atoms with Gasteiger partial charge in [-0.2, -0.15) is 0 Å². The Kier molecular flexibility index (Phi) is 5.75. The minimum atomic E-state index is -1.64. The first kappa shape index (κ1) is 19.3. The standard InChI is InChI=1S/C21H23F2NO3/c1-15(16-7-4-3-5-8-16)24-12-11-21(23,13-24)14-27-20(25)17-9-6-10-18(26-2)19(17)22/h3-10,15H,11-14H2,1-2H3/t15-,21+/m1/s1. The highest BCUT2D eigenvalue weighted by Gasteiger charge is 2.41. The van der Waals surface area contributed by atoms with Gasteiger partial charge in [0.15, 0.2) is 17.2 Å². The molecule has 0 aromatic heterocycles. The van der Waals surface area contributed by atoms with E-state index in [4.69, 9.17) is 9.47 Å². The van der Waals surface area contributed by atoms with E-state index in [-0.39, 0.29) is 30.3 Å². The van der Waals surface area contributed by atoms with Crippen LogP contribution in [0, 0.1) is 5.82 Å². The molecular formula is C21H23F2NO3. The van der Waals surface area contributed by atoms with Crippen molar-refractivity contribution >= 4 is 5.97 Å². The van der Waals surface area contributed by atoms with E-state index in [2.05, 4.69) is 0 Å². The molecular weight excluding hydrogens is 352 g/mol. The van der Waals surface area contributed by atoms with Crippen LogP contribution >= 0.6 is 0 Å². The Bertz CT molecular complexity index is 799. The smallest absolute Gasteiger partial charge is 0.341 e. The Morgan fingerprint density at radius 1 is 1.22 bits per heavy atom. The van der Waals surface area contributed by atoms with Crippen LogP contribution in [0.3, 0.4) is 0 Å². The summed E-state index contributed by atoms with van der Waals surface area (Å²) in [6.45, 7) is 2.35. The maximum Gasteiger partial charge on any atom is 0.341 e. The van der Waals surface area contributed by atoms with Gasteiger partial charge < -0.3 is 9.47 Å². The lowest BCUT2D eigenvalue weighted by Crippen LogP contribution is -2.35. The molecule has 0 bridgehead atoms. The van der Waals surface area contributed by atoms with Crippen molar-refractivity contribution < 1.29 is 23.0 Å². The summed E-state index contributed by atoms with van der Waals surface area (Å²) in [5.74, 6) is -1.75. The Hall–Kier alpha value is -2.47. The fourth-order valence-electron chi connectivity index (χ4n) is 3.36. The van der Waals surface area contributed by atoms with Crippen molar-refractivity contribution in [3.63, 3.8) is 0 Å². The number of methoxy groups -OCH3 is 1. The summed E-state index contributed by atoms with van der Waals surface area (Å²) in [5.41, 5.74) is -0.795. The molecule has 0 radical (unpaired) electrons. The van der Waals surface area contributed by atoms with Gasteiger partial charge in [-0.05, 0) is 31.0 Å². The number of hydrogen-bond acceptors (Lipinski definition) is 4. The van der Waals surface area contributed by atoms with E-state index in [0.29, 0.717) is 6.54 Å². The van der Waals surface area contributed by atoms with Crippen LogP contribution in [0.15, 0.2) is 48.5 Å². The van der Waals surface area contributed by atoms with Gasteiger partial charge in [0.2, 0.25) is 0 Å². The van der Waals surface area contributed by atoms with Crippen LogP contribution in [-0.2, 0) is 4.74 Å². The van der Waals surface area contributed by atoms with E-state index in [1.165, 1.54) is 25.3 Å². The number of hydrogen-bond donors (Lipinski definition) is 0. The van der Waals surface area contributed by atoms with Crippen LogP contribution in [0.4, 0.5) is 8.78 Å². The van der Waals surface area contributed by atoms with E-state index in [0.717, 1.165) is 5.56 Å². The third-order valence-corrected chi connectivity index (χ3v) is 5.03. The molecule has 0 amide bonds. The SMILES string of the molecule is COc1cccc(C(=O)OC[C@]2(F)CCN([C@H](C)c3ccccc3)C2)c1F. The van der Waals surface area contributed by atoms with Crippen LogP contribution in [0.1, 0.15) is 35.3 Å². The molecule has 1 aliphatic rings. The molecule has 1 heterocycles. The minimum Gasteiger partial charge on any atom is -0.494 e. The second kappa shape index (κ2) is 8.05. The summed E-state index contributed by atoms with van der Waals surface area (Å²) < 4.78 is 39.2. The van der Waals surface area contributed by atoms with Gasteiger partial charge in [-0.1, -0.05) is 36.4 Å². The molecule has 1 fully saturated rings. The van der Waals surface area contributed by atoms with Crippen molar-refractivity contribution in [1.82, 2.24) is 4.90 Å². The van der Waals surface area contributed by atoms with E-state index in [1.807, 2.05) is 42.2 Å². The first-order valence-corrected chi connectivity index (χ1v) is 8.91. The number of esters is 1. The predicted molar refractivity (Wildman–Crippen MR) is 98.1 cm³/mol. The van der Waals surface area contributed by atoms with Gasteiger partial charge in [0.05, 0.1) is 12.7 Å². The van der Waals surface area contributed by atoms with E-state index < -0.39 is 24.1 Å². The molecule has 3 rings (SSSR count). The van der Waals surface area contributed by atoms with Gasteiger partial charge in [0, 0.05) is 19.1 Å². The summed E-state index contributed by atoms with van der Waals surface area (Å²) in [7, 11) is 1.31. The fourth-order valence-corrected chi connectivity index (χ4v) is 3.36. The molecule has 1 saturated heterocycles. The van der Waals surface area contributed by atoms with Crippen molar-refractivity contribution in [3.05, 3.63) is 65.5 Å². The maximum atomic E-state index is 15.1. The number of nitrogens with zero attached hydrogens (tertiary/aromatic N) is 1. The molecule has 144 valence electrons. The molecule has 2 atom stereocenters. The number of halogens is 2. The second-order valence-corrected chi connectivity index (χ2v) is 6.86. The Labute approximate surface area is 157 Å². The zero-order valence-electron chi connectivity index (χ0n) is 15.5. The molecule has 0 N–H and O–H groups in total. The van der Waals surface area contributed by atoms with Gasteiger partial charge in [-0.15, -0.1) is 0 Å². The van der Waals surface area contributed by atoms with Crippen molar-refractivity contribution in [3.8, 4) is 5.75 Å². The van der Waals surface area contributed by atoms with Crippen LogP contribution in [0.25, 0.3) is 0 Å². The lowest BCUT2D eigenvalue weighted by molar-refractivity contribution is 0.0159. The van der Waals surface area contributed by atoms with Gasteiger partial charge in [-0.3, -0.25) is 4.90 Å². The number of benzene rings is 2. The molecule has 0 spiro atoms. The Morgan fingerprint density at radius 2 is 1.96 bits per heavy atom. The van der Waals surface area contributed by atoms with Crippen LogP contribution in [0.5, 0.6) is 5.75 Å². The number of rotatable bonds is 6. The number of likely N-dealkylation sites (tertiary alicyclic amines) is 1.